The van der Waals surface area contributed by atoms with Crippen LogP contribution in [0.4, 0.5) is 13.2 Å². The van der Waals surface area contributed by atoms with Gasteiger partial charge in [0.05, 0.1) is 43.8 Å². The van der Waals surface area contributed by atoms with Crippen LogP contribution in [0.3, 0.4) is 0 Å². The molecule has 6 aromatic rings. The summed E-state index contributed by atoms with van der Waals surface area (Å²) in [7, 11) is 1.63. The second kappa shape index (κ2) is 20.0. The number of nitrogens with zero attached hydrogens (tertiary/aromatic N) is 7. The number of fused-ring (bicyclic) bond motifs is 3. The number of carboxylic acid groups (broad SMARTS) is 3. The Morgan fingerprint density at radius 2 is 1.05 bits per heavy atom. The van der Waals surface area contributed by atoms with Crippen LogP contribution >= 0.6 is 69.3 Å². The number of aliphatic imine (C=N–C) groups is 3. The summed E-state index contributed by atoms with van der Waals surface area (Å²) in [6.45, 7) is 0.0000384. The van der Waals surface area contributed by atoms with Crippen LogP contribution in [-0.4, -0.2) is 120 Å². The zero-order valence-electron chi connectivity index (χ0n) is 32.2. The number of alkyl halides is 3. The Labute approximate surface area is 382 Å². The molecule has 0 saturated heterocycles. The number of carboxylic acids is 3. The molecule has 0 aliphatic carbocycles. The van der Waals surface area contributed by atoms with Crippen LogP contribution < -0.4 is 30.3 Å². The molecule has 0 radical (unpaired) electrons. The molecule has 6 heterocycles. The van der Waals surface area contributed by atoms with Gasteiger partial charge in [-0.15, -0.1) is 69.3 Å². The van der Waals surface area contributed by atoms with Crippen LogP contribution in [0.5, 0.6) is 17.2 Å². The fourth-order valence-electron chi connectivity index (χ4n) is 5.40. The zero-order chi connectivity index (χ0) is 45.7. The normalized spacial score (nSPS) is 18.4. The van der Waals surface area contributed by atoms with Gasteiger partial charge in [-0.05, 0) is 54.6 Å². The first kappa shape index (κ1) is 46.3. The van der Waals surface area contributed by atoms with Crippen LogP contribution in [-0.2, 0) is 14.4 Å². The maximum atomic E-state index is 11.4. The molecule has 2 unspecified atom stereocenters. The fraction of sp³-hybridized carbons (Fsp3) is 0.243. The minimum Gasteiger partial charge on any atom is -0.859 e. The van der Waals surface area contributed by atoms with Crippen molar-refractivity contribution in [2.75, 3.05) is 31.2 Å². The van der Waals surface area contributed by atoms with Gasteiger partial charge in [0.15, 0.2) is 12.1 Å². The van der Waals surface area contributed by atoms with Crippen molar-refractivity contribution in [2.45, 2.75) is 24.3 Å². The molecule has 3 aliphatic heterocycles. The molecule has 3 aromatic carbocycles. The number of methoxy groups -OCH3 is 1. The average molecular weight is 993 g/mol. The summed E-state index contributed by atoms with van der Waals surface area (Å²) in [4.78, 5) is 57.6. The molecule has 0 saturated carbocycles. The highest BCUT2D eigenvalue weighted by Crippen LogP contribution is 2.35. The number of hydrogen-bond acceptors (Lipinski definition) is 22. The number of aromatic nitrogens is 3. The molecule has 0 amide bonds. The Balaban J connectivity index is 0.000000189. The van der Waals surface area contributed by atoms with E-state index < -0.39 is 48.1 Å². The van der Waals surface area contributed by atoms with Gasteiger partial charge in [0.1, 0.15) is 53.4 Å². The monoisotopic (exact) mass is 992 g/mol. The fourth-order valence-corrected chi connectivity index (χ4v) is 11.7. The lowest BCUT2D eigenvalue weighted by molar-refractivity contribution is -0.344. The van der Waals surface area contributed by atoms with E-state index in [-0.39, 0.29) is 6.79 Å². The van der Waals surface area contributed by atoms with Crippen LogP contribution in [0.2, 0.25) is 0 Å². The maximum Gasteiger partial charge on any atom is 0.430 e. The standard InChI is InChI=1S/C23H16N4O6S4.C12H12N4O2S2.C2HF3O2/c28-22(29)14-7-34-18(26-14)20-24-12-3-1-10(5-16(12)36-20)32-9-33-11-2-4-13-17(6-11)37-21(25-13)19-27-15(8-35-19)23(30)31;1-18-6-2-3-7-9(4-6)20-12(14-7)11-15-8(5-19-11)10(17)16-13;3-2(4,5)1(6)7/h1-6,14-15H,7-9H2,(H,28,29)(H,30,31);2-4,8H,5,13H2,1H3,(H,16,17);(H,6,7)/p-2/t;8-;/m.1./s1. The van der Waals surface area contributed by atoms with E-state index in [1.165, 1.54) is 69.3 Å². The van der Waals surface area contributed by atoms with E-state index in [4.69, 9.17) is 40.2 Å². The molecule has 4 N–H and O–H groups in total. The SMILES string of the molecule is COc1ccc2nc(C3=N[C@@H](C([O-])=NN)CS3)sc2c1.O=C(O)C1CSC(c2nc3ccc(OCOc4ccc5nc(C6=NC(C(=O)O)CS6)sc5c4)cc3s2)=N1.O=C([O-])C(F)(F)F. The van der Waals surface area contributed by atoms with Crippen molar-refractivity contribution in [3.05, 3.63) is 69.6 Å². The highest BCUT2D eigenvalue weighted by atomic mass is 32.2. The number of carbonyl (C=O) groups excluding carboxylic acids is 1. The molecule has 0 bridgehead atoms. The molecule has 3 aromatic heterocycles. The minimum atomic E-state index is -5.19. The number of rotatable bonds is 11. The molecular formula is C37H27F3N8O10S6-2. The van der Waals surface area contributed by atoms with Crippen LogP contribution in [0.15, 0.2) is 74.7 Å². The van der Waals surface area contributed by atoms with E-state index in [1.54, 1.807) is 7.11 Å². The smallest absolute Gasteiger partial charge is 0.430 e. The summed E-state index contributed by atoms with van der Waals surface area (Å²) in [5, 5.41) is 46.0. The molecular weight excluding hydrogens is 966 g/mol. The van der Waals surface area contributed by atoms with E-state index in [9.17, 15) is 27.9 Å². The third-order valence-electron chi connectivity index (χ3n) is 8.48. The molecule has 3 aliphatic rings. The van der Waals surface area contributed by atoms with Gasteiger partial charge in [0, 0.05) is 23.2 Å². The Hall–Kier alpha value is -5.74. The quantitative estimate of drug-likeness (QED) is 0.0536. The van der Waals surface area contributed by atoms with Gasteiger partial charge in [0.25, 0.3) is 0 Å². The van der Waals surface area contributed by atoms with Gasteiger partial charge < -0.3 is 45.3 Å². The van der Waals surface area contributed by atoms with Crippen molar-refractivity contribution >= 4 is 139 Å². The molecule has 64 heavy (non-hydrogen) atoms. The molecule has 18 nitrogen and oxygen atoms in total. The van der Waals surface area contributed by atoms with Gasteiger partial charge in [-0.2, -0.15) is 13.2 Å². The Kier molecular flexibility index (Phi) is 14.4. The van der Waals surface area contributed by atoms with Crippen molar-refractivity contribution in [2.24, 2.45) is 25.9 Å². The minimum absolute atomic E-state index is 0.0000384. The van der Waals surface area contributed by atoms with Crippen LogP contribution in [0, 0.1) is 0 Å². The highest BCUT2D eigenvalue weighted by Gasteiger charge is 2.30. The number of thioether (sulfide) groups is 3. The number of hydrogen-bond donors (Lipinski definition) is 3. The predicted molar refractivity (Wildman–Crippen MR) is 238 cm³/mol. The van der Waals surface area contributed by atoms with Crippen molar-refractivity contribution < 1.29 is 62.2 Å². The first-order chi connectivity index (χ1) is 30.6. The second-order valence-corrected chi connectivity index (χ2v) is 18.9. The van der Waals surface area contributed by atoms with Gasteiger partial charge in [-0.1, -0.05) is 0 Å². The summed E-state index contributed by atoms with van der Waals surface area (Å²) in [5.41, 5.74) is 2.48. The van der Waals surface area contributed by atoms with Gasteiger partial charge in [-0.3, -0.25) is 15.0 Å². The topological polar surface area (TPSA) is 280 Å². The third-order valence-corrected chi connectivity index (χ3v) is 15.1. The lowest BCUT2D eigenvalue weighted by Gasteiger charge is -2.11. The summed E-state index contributed by atoms with van der Waals surface area (Å²) >= 11 is 8.72. The number of ether oxygens (including phenoxy) is 3. The number of aliphatic carboxylic acids is 3. The summed E-state index contributed by atoms with van der Waals surface area (Å²) in [6, 6.07) is 14.8. The highest BCUT2D eigenvalue weighted by molar-refractivity contribution is 8.15. The Morgan fingerprint density at radius 3 is 1.39 bits per heavy atom. The average Bonchev–Trinajstić information content (AvgIpc) is 4.13. The first-order valence-corrected chi connectivity index (χ1v) is 23.3. The number of nitrogens with two attached hydrogens (primary N) is 1. The maximum absolute atomic E-state index is 11.4. The van der Waals surface area contributed by atoms with Crippen molar-refractivity contribution in [3.63, 3.8) is 0 Å². The lowest BCUT2D eigenvalue weighted by atomic mass is 10.3. The Morgan fingerprint density at radius 1 is 0.688 bits per heavy atom. The molecule has 334 valence electrons. The van der Waals surface area contributed by atoms with Crippen molar-refractivity contribution in [3.8, 4) is 17.2 Å². The van der Waals surface area contributed by atoms with E-state index in [2.05, 4.69) is 35.0 Å². The van der Waals surface area contributed by atoms with Crippen molar-refractivity contribution in [1.29, 1.82) is 0 Å². The first-order valence-electron chi connectivity index (χ1n) is 17.9. The molecule has 27 heteroatoms. The molecule has 9 rings (SSSR count). The number of thiazole rings is 3. The van der Waals surface area contributed by atoms with E-state index in [0.717, 1.165) is 46.5 Å². The third kappa shape index (κ3) is 11.1. The van der Waals surface area contributed by atoms with Gasteiger partial charge in [-0.25, -0.2) is 29.6 Å². The second-order valence-electron chi connectivity index (χ2n) is 12.8. The van der Waals surface area contributed by atoms with Gasteiger partial charge in [0.2, 0.25) is 6.79 Å². The van der Waals surface area contributed by atoms with E-state index >= 15 is 0 Å². The summed E-state index contributed by atoms with van der Waals surface area (Å²) in [6.07, 6.45) is -5.19. The Bertz CT molecular complexity index is 2770. The molecule has 0 fully saturated rings. The molecule has 0 spiro atoms. The number of benzene rings is 3. The van der Waals surface area contributed by atoms with Crippen LogP contribution in [0.25, 0.3) is 30.6 Å². The number of hydrazone groups is 1. The largest absolute Gasteiger partial charge is 0.859 e. The summed E-state index contributed by atoms with van der Waals surface area (Å²) < 4.78 is 51.2. The van der Waals surface area contributed by atoms with E-state index in [0.29, 0.717) is 48.9 Å². The number of halogens is 3. The van der Waals surface area contributed by atoms with Crippen LogP contribution in [0.1, 0.15) is 15.0 Å². The zero-order valence-corrected chi connectivity index (χ0v) is 37.1. The number of carbonyl (C=O) groups is 3. The lowest BCUT2D eigenvalue weighted by Crippen LogP contribution is -2.37. The molecule has 3 atom stereocenters. The van der Waals surface area contributed by atoms with Crippen molar-refractivity contribution in [1.82, 2.24) is 15.0 Å². The summed E-state index contributed by atoms with van der Waals surface area (Å²) in [5.74, 6) is 3.18. The predicted octanol–water partition coefficient (Wildman–Crippen LogP) is 4.31. The van der Waals surface area contributed by atoms with E-state index in [1.807, 2.05) is 54.6 Å². The van der Waals surface area contributed by atoms with Gasteiger partial charge >= 0.3 is 18.1 Å².